The number of aryl methyl sites for hydroxylation is 1. The van der Waals surface area contributed by atoms with Crippen molar-refractivity contribution in [3.8, 4) is 0 Å². The topological polar surface area (TPSA) is 37.3 Å². The summed E-state index contributed by atoms with van der Waals surface area (Å²) in [5.74, 6) is -2.32. The quantitative estimate of drug-likeness (QED) is 0.882. The normalized spacial score (nSPS) is 13.4. The molecule has 0 aliphatic rings. The fourth-order valence-corrected chi connectivity index (χ4v) is 1.54. The number of carboxylic acids is 1. The Morgan fingerprint density at radius 3 is 2.24 bits per heavy atom. The first-order chi connectivity index (χ1) is 7.79. The molecule has 1 N–H and O–H groups in total. The Morgan fingerprint density at radius 1 is 1.29 bits per heavy atom. The number of alkyl halides is 3. The van der Waals surface area contributed by atoms with Crippen molar-refractivity contribution in [3.05, 3.63) is 35.4 Å². The molecule has 0 heterocycles. The van der Waals surface area contributed by atoms with Crippen molar-refractivity contribution < 1.29 is 23.1 Å². The summed E-state index contributed by atoms with van der Waals surface area (Å²) in [6.07, 6.45) is -5.84. The van der Waals surface area contributed by atoms with E-state index in [9.17, 15) is 18.0 Å². The van der Waals surface area contributed by atoms with Crippen molar-refractivity contribution in [3.63, 3.8) is 0 Å². The lowest BCUT2D eigenvalue weighted by molar-refractivity contribution is -0.145. The molecule has 2 nitrogen and oxygen atoms in total. The highest BCUT2D eigenvalue weighted by molar-refractivity contribution is 5.76. The zero-order valence-corrected chi connectivity index (χ0v) is 9.29. The number of halogens is 3. The molecule has 17 heavy (non-hydrogen) atoms. The summed E-state index contributed by atoms with van der Waals surface area (Å²) in [5.41, 5.74) is 1.35. The van der Waals surface area contributed by atoms with Gasteiger partial charge in [0.05, 0.1) is 5.92 Å². The molecule has 94 valence electrons. The third-order valence-corrected chi connectivity index (χ3v) is 2.49. The van der Waals surface area contributed by atoms with Crippen molar-refractivity contribution >= 4 is 5.97 Å². The van der Waals surface area contributed by atoms with Gasteiger partial charge in [0.25, 0.3) is 0 Å². The van der Waals surface area contributed by atoms with Gasteiger partial charge in [0.2, 0.25) is 0 Å². The average Bonchev–Trinajstić information content (AvgIpc) is 2.18. The molecule has 0 aliphatic heterocycles. The molecule has 1 aromatic rings. The van der Waals surface area contributed by atoms with E-state index < -0.39 is 30.9 Å². The van der Waals surface area contributed by atoms with E-state index >= 15 is 0 Å². The highest BCUT2D eigenvalue weighted by Crippen LogP contribution is 2.29. The Morgan fingerprint density at radius 2 is 1.82 bits per heavy atom. The van der Waals surface area contributed by atoms with Crippen molar-refractivity contribution in [2.45, 2.75) is 31.9 Å². The van der Waals surface area contributed by atoms with Gasteiger partial charge in [-0.05, 0) is 18.9 Å². The van der Waals surface area contributed by atoms with Gasteiger partial charge in [-0.2, -0.15) is 13.2 Å². The van der Waals surface area contributed by atoms with E-state index in [0.29, 0.717) is 5.56 Å². The Balaban J connectivity index is 2.79. The van der Waals surface area contributed by atoms with Gasteiger partial charge in [0.15, 0.2) is 0 Å². The number of carbonyl (C=O) groups is 1. The summed E-state index contributed by atoms with van der Waals surface area (Å²) in [5, 5.41) is 8.93. The van der Waals surface area contributed by atoms with Gasteiger partial charge in [0.1, 0.15) is 0 Å². The van der Waals surface area contributed by atoms with Gasteiger partial charge in [-0.25, -0.2) is 0 Å². The van der Waals surface area contributed by atoms with Crippen LogP contribution in [0.15, 0.2) is 24.3 Å². The van der Waals surface area contributed by atoms with Gasteiger partial charge in [-0.15, -0.1) is 0 Å². The van der Waals surface area contributed by atoms with Crippen LogP contribution in [0.2, 0.25) is 0 Å². The smallest absolute Gasteiger partial charge is 0.389 e. The van der Waals surface area contributed by atoms with E-state index in [-0.39, 0.29) is 0 Å². The van der Waals surface area contributed by atoms with Crippen LogP contribution < -0.4 is 0 Å². The van der Waals surface area contributed by atoms with Crippen LogP contribution in [0, 0.1) is 6.92 Å². The molecule has 0 fully saturated rings. The number of rotatable bonds is 4. The van der Waals surface area contributed by atoms with Crippen LogP contribution in [0.3, 0.4) is 0 Å². The monoisotopic (exact) mass is 246 g/mol. The minimum atomic E-state index is -4.32. The molecule has 1 rings (SSSR count). The summed E-state index contributed by atoms with van der Waals surface area (Å²) in [7, 11) is 0. The lowest BCUT2D eigenvalue weighted by Gasteiger charge is -2.14. The number of hydrogen-bond acceptors (Lipinski definition) is 1. The van der Waals surface area contributed by atoms with E-state index in [1.54, 1.807) is 24.3 Å². The van der Waals surface area contributed by atoms with Crippen molar-refractivity contribution in [1.29, 1.82) is 0 Å². The summed E-state index contributed by atoms with van der Waals surface area (Å²) in [4.78, 5) is 10.9. The molecule has 0 amide bonds. The van der Waals surface area contributed by atoms with Gasteiger partial charge in [-0.1, -0.05) is 29.8 Å². The van der Waals surface area contributed by atoms with E-state index in [1.165, 1.54) is 0 Å². The zero-order valence-electron chi connectivity index (χ0n) is 9.29. The number of benzene rings is 1. The Hall–Kier alpha value is -1.52. The fourth-order valence-electron chi connectivity index (χ4n) is 1.54. The van der Waals surface area contributed by atoms with Gasteiger partial charge >= 0.3 is 12.1 Å². The Kier molecular flexibility index (Phi) is 4.15. The highest BCUT2D eigenvalue weighted by atomic mass is 19.4. The van der Waals surface area contributed by atoms with Crippen molar-refractivity contribution in [2.24, 2.45) is 0 Å². The second kappa shape index (κ2) is 5.21. The lowest BCUT2D eigenvalue weighted by atomic mass is 9.93. The van der Waals surface area contributed by atoms with Crippen LogP contribution in [0.1, 0.15) is 29.9 Å². The summed E-state index contributed by atoms with van der Waals surface area (Å²) < 4.78 is 36.2. The first-order valence-corrected chi connectivity index (χ1v) is 5.16. The molecule has 1 atom stereocenters. The van der Waals surface area contributed by atoms with Gasteiger partial charge in [0, 0.05) is 6.42 Å². The predicted molar refractivity (Wildman–Crippen MR) is 56.8 cm³/mol. The lowest BCUT2D eigenvalue weighted by Crippen LogP contribution is -2.16. The standard InChI is InChI=1S/C12H13F3O2/c1-8-2-4-9(5-3-8)10(11(16)17)6-7-12(13,14)15/h2-5,10H,6-7H2,1H3,(H,16,17). The van der Waals surface area contributed by atoms with Crippen LogP contribution in [-0.2, 0) is 4.79 Å². The SMILES string of the molecule is Cc1ccc(C(CCC(F)(F)F)C(=O)O)cc1. The highest BCUT2D eigenvalue weighted by Gasteiger charge is 2.31. The van der Waals surface area contributed by atoms with Crippen molar-refractivity contribution in [2.75, 3.05) is 0 Å². The molecular weight excluding hydrogens is 233 g/mol. The van der Waals surface area contributed by atoms with E-state index in [1.807, 2.05) is 6.92 Å². The molecule has 1 aromatic carbocycles. The summed E-state index contributed by atoms with van der Waals surface area (Å²) in [6.45, 7) is 1.83. The Labute approximate surface area is 97.1 Å². The fraction of sp³-hybridized carbons (Fsp3) is 0.417. The molecule has 0 radical (unpaired) electrons. The van der Waals surface area contributed by atoms with E-state index in [0.717, 1.165) is 5.56 Å². The number of aliphatic carboxylic acids is 1. The molecule has 0 spiro atoms. The molecule has 0 saturated carbocycles. The van der Waals surface area contributed by atoms with E-state index in [2.05, 4.69) is 0 Å². The number of carboxylic acid groups (broad SMARTS) is 1. The Bertz CT molecular complexity index is 382. The maximum atomic E-state index is 12.1. The average molecular weight is 246 g/mol. The molecular formula is C12H13F3O2. The summed E-state index contributed by atoms with van der Waals surface area (Å²) in [6, 6.07) is 6.51. The molecule has 5 heteroatoms. The van der Waals surface area contributed by atoms with Crippen LogP contribution in [-0.4, -0.2) is 17.3 Å². The van der Waals surface area contributed by atoms with Gasteiger partial charge in [-0.3, -0.25) is 4.79 Å². The second-order valence-electron chi connectivity index (χ2n) is 3.96. The maximum Gasteiger partial charge on any atom is 0.389 e. The zero-order chi connectivity index (χ0) is 13.1. The minimum absolute atomic E-state index is 0.410. The molecule has 0 aromatic heterocycles. The van der Waals surface area contributed by atoms with E-state index in [4.69, 9.17) is 5.11 Å². The third-order valence-electron chi connectivity index (χ3n) is 2.49. The predicted octanol–water partition coefficient (Wildman–Crippen LogP) is 3.51. The number of hydrogen-bond donors (Lipinski definition) is 1. The van der Waals surface area contributed by atoms with Crippen LogP contribution in [0.4, 0.5) is 13.2 Å². The maximum absolute atomic E-state index is 12.1. The van der Waals surface area contributed by atoms with Gasteiger partial charge < -0.3 is 5.11 Å². The third kappa shape index (κ3) is 4.46. The van der Waals surface area contributed by atoms with Crippen LogP contribution in [0.5, 0.6) is 0 Å². The molecule has 0 saturated heterocycles. The minimum Gasteiger partial charge on any atom is -0.481 e. The van der Waals surface area contributed by atoms with Crippen LogP contribution >= 0.6 is 0 Å². The first kappa shape index (κ1) is 13.5. The molecule has 0 aliphatic carbocycles. The largest absolute Gasteiger partial charge is 0.481 e. The second-order valence-corrected chi connectivity index (χ2v) is 3.96. The molecule has 1 unspecified atom stereocenters. The summed E-state index contributed by atoms with van der Waals surface area (Å²) >= 11 is 0. The van der Waals surface area contributed by atoms with Crippen LogP contribution in [0.25, 0.3) is 0 Å². The van der Waals surface area contributed by atoms with Crippen molar-refractivity contribution in [1.82, 2.24) is 0 Å². The molecule has 0 bridgehead atoms. The first-order valence-electron chi connectivity index (χ1n) is 5.16.